The van der Waals surface area contributed by atoms with Crippen molar-refractivity contribution in [1.82, 2.24) is 5.48 Å². The molecule has 1 fully saturated rings. The lowest BCUT2D eigenvalue weighted by molar-refractivity contribution is -0.151. The van der Waals surface area contributed by atoms with Gasteiger partial charge in [0.2, 0.25) is 0 Å². The highest BCUT2D eigenvalue weighted by Crippen LogP contribution is 2.25. The van der Waals surface area contributed by atoms with Gasteiger partial charge in [-0.3, -0.25) is 9.63 Å². The predicted octanol–water partition coefficient (Wildman–Crippen LogP) is -0.220. The topological polar surface area (TPSA) is 102 Å². The Bertz CT molecular complexity index is 248. The lowest BCUT2D eigenvalue weighted by Crippen LogP contribution is -2.55. The Balaban J connectivity index is 2.34. The molecular formula is C9H16N2O4. The van der Waals surface area contributed by atoms with Crippen molar-refractivity contribution in [2.24, 2.45) is 5.73 Å². The van der Waals surface area contributed by atoms with Crippen LogP contribution in [-0.4, -0.2) is 29.1 Å². The van der Waals surface area contributed by atoms with E-state index in [0.717, 1.165) is 19.3 Å². The monoisotopic (exact) mass is 216 g/mol. The van der Waals surface area contributed by atoms with E-state index in [2.05, 4.69) is 10.3 Å². The Labute approximate surface area is 87.7 Å². The van der Waals surface area contributed by atoms with Crippen LogP contribution in [0.5, 0.6) is 0 Å². The molecule has 1 saturated carbocycles. The fourth-order valence-electron chi connectivity index (χ4n) is 1.67. The third kappa shape index (κ3) is 3.49. The molecule has 6 nitrogen and oxygen atoms in total. The van der Waals surface area contributed by atoms with Gasteiger partial charge in [0.1, 0.15) is 0 Å². The summed E-state index contributed by atoms with van der Waals surface area (Å²) < 4.78 is 0. The quantitative estimate of drug-likeness (QED) is 0.564. The number of carboxylic acids is 1. The van der Waals surface area contributed by atoms with E-state index >= 15 is 0 Å². The number of hydroxylamine groups is 1. The summed E-state index contributed by atoms with van der Waals surface area (Å²) in [6.45, 7) is -0.554. The average molecular weight is 216 g/mol. The number of carbonyl (C=O) groups is 2. The SMILES string of the molecule is NC1(C(=O)NOCC(=O)O)CCCCC1. The van der Waals surface area contributed by atoms with Crippen LogP contribution in [0.25, 0.3) is 0 Å². The Hall–Kier alpha value is -1.14. The van der Waals surface area contributed by atoms with Gasteiger partial charge in [-0.15, -0.1) is 0 Å². The Morgan fingerprint density at radius 2 is 1.93 bits per heavy atom. The number of nitrogens with one attached hydrogen (secondary N) is 1. The van der Waals surface area contributed by atoms with Crippen molar-refractivity contribution in [1.29, 1.82) is 0 Å². The van der Waals surface area contributed by atoms with Crippen LogP contribution in [-0.2, 0) is 14.4 Å². The largest absolute Gasteiger partial charge is 0.479 e. The highest BCUT2D eigenvalue weighted by Gasteiger charge is 2.35. The Kier molecular flexibility index (Phi) is 4.05. The molecule has 0 saturated heterocycles. The molecule has 1 amide bonds. The van der Waals surface area contributed by atoms with Crippen LogP contribution < -0.4 is 11.2 Å². The molecule has 4 N–H and O–H groups in total. The maximum Gasteiger partial charge on any atom is 0.332 e. The lowest BCUT2D eigenvalue weighted by Gasteiger charge is -2.31. The maximum absolute atomic E-state index is 11.5. The van der Waals surface area contributed by atoms with Crippen molar-refractivity contribution < 1.29 is 19.5 Å². The molecule has 15 heavy (non-hydrogen) atoms. The van der Waals surface area contributed by atoms with E-state index in [9.17, 15) is 9.59 Å². The zero-order valence-corrected chi connectivity index (χ0v) is 8.49. The van der Waals surface area contributed by atoms with Gasteiger partial charge in [-0.1, -0.05) is 19.3 Å². The zero-order chi connectivity index (χ0) is 11.3. The fourth-order valence-corrected chi connectivity index (χ4v) is 1.67. The smallest absolute Gasteiger partial charge is 0.332 e. The summed E-state index contributed by atoms with van der Waals surface area (Å²) >= 11 is 0. The van der Waals surface area contributed by atoms with E-state index < -0.39 is 24.0 Å². The van der Waals surface area contributed by atoms with Crippen molar-refractivity contribution >= 4 is 11.9 Å². The van der Waals surface area contributed by atoms with Crippen molar-refractivity contribution in [3.63, 3.8) is 0 Å². The van der Waals surface area contributed by atoms with E-state index in [1.54, 1.807) is 0 Å². The van der Waals surface area contributed by atoms with Crippen LogP contribution in [0.4, 0.5) is 0 Å². The first-order chi connectivity index (χ1) is 7.04. The normalized spacial score (nSPS) is 19.5. The molecule has 0 bridgehead atoms. The molecule has 0 aromatic carbocycles. The lowest BCUT2D eigenvalue weighted by atomic mass is 9.82. The minimum absolute atomic E-state index is 0.427. The number of hydrogen-bond acceptors (Lipinski definition) is 4. The molecule has 0 heterocycles. The second kappa shape index (κ2) is 5.09. The number of aliphatic carboxylic acids is 1. The van der Waals surface area contributed by atoms with Gasteiger partial charge in [0.25, 0.3) is 5.91 Å². The summed E-state index contributed by atoms with van der Waals surface area (Å²) in [6.07, 6.45) is 4.17. The number of carboxylic acid groups (broad SMARTS) is 1. The number of amides is 1. The molecule has 1 aliphatic rings. The summed E-state index contributed by atoms with van der Waals surface area (Å²) in [7, 11) is 0. The molecule has 0 aromatic rings. The van der Waals surface area contributed by atoms with E-state index in [4.69, 9.17) is 10.8 Å². The molecule has 86 valence electrons. The van der Waals surface area contributed by atoms with Crippen molar-refractivity contribution in [3.8, 4) is 0 Å². The standard InChI is InChI=1S/C9H16N2O4/c10-9(4-2-1-3-5-9)8(14)11-15-6-7(12)13/h1-6,10H2,(H,11,14)(H,12,13). The van der Waals surface area contributed by atoms with Crippen molar-refractivity contribution in [2.45, 2.75) is 37.6 Å². The van der Waals surface area contributed by atoms with Gasteiger partial charge < -0.3 is 10.8 Å². The van der Waals surface area contributed by atoms with E-state index in [1.165, 1.54) is 0 Å². The Morgan fingerprint density at radius 3 is 2.47 bits per heavy atom. The summed E-state index contributed by atoms with van der Waals surface area (Å²) in [4.78, 5) is 26.2. The summed E-state index contributed by atoms with van der Waals surface area (Å²) in [5.41, 5.74) is 7.07. The first-order valence-electron chi connectivity index (χ1n) is 4.97. The molecule has 6 heteroatoms. The van der Waals surface area contributed by atoms with Gasteiger partial charge in [-0.2, -0.15) is 0 Å². The molecule has 0 atom stereocenters. The number of hydrogen-bond donors (Lipinski definition) is 3. The Morgan fingerprint density at radius 1 is 1.33 bits per heavy atom. The number of rotatable bonds is 4. The molecule has 1 aliphatic carbocycles. The van der Waals surface area contributed by atoms with Gasteiger partial charge >= 0.3 is 5.97 Å². The van der Waals surface area contributed by atoms with Gasteiger partial charge in [-0.05, 0) is 12.8 Å². The van der Waals surface area contributed by atoms with Gasteiger partial charge in [0.05, 0.1) is 5.54 Å². The predicted molar refractivity (Wildman–Crippen MR) is 51.7 cm³/mol. The molecule has 0 unspecified atom stereocenters. The molecule has 0 aromatic heterocycles. The second-order valence-corrected chi connectivity index (χ2v) is 3.83. The summed E-state index contributed by atoms with van der Waals surface area (Å²) in [5.74, 6) is -1.56. The van der Waals surface area contributed by atoms with E-state index in [1.807, 2.05) is 0 Å². The van der Waals surface area contributed by atoms with Crippen LogP contribution in [0.2, 0.25) is 0 Å². The van der Waals surface area contributed by atoms with Gasteiger partial charge in [0, 0.05) is 0 Å². The molecule has 0 spiro atoms. The fraction of sp³-hybridized carbons (Fsp3) is 0.778. The second-order valence-electron chi connectivity index (χ2n) is 3.83. The minimum Gasteiger partial charge on any atom is -0.479 e. The van der Waals surface area contributed by atoms with Crippen LogP contribution in [0.15, 0.2) is 0 Å². The van der Waals surface area contributed by atoms with E-state index in [-0.39, 0.29) is 0 Å². The van der Waals surface area contributed by atoms with Crippen molar-refractivity contribution in [3.05, 3.63) is 0 Å². The average Bonchev–Trinajstić information content (AvgIpc) is 2.18. The van der Waals surface area contributed by atoms with Crippen LogP contribution in [0, 0.1) is 0 Å². The number of nitrogens with two attached hydrogens (primary N) is 1. The molecule has 1 rings (SSSR count). The van der Waals surface area contributed by atoms with Gasteiger partial charge in [0.15, 0.2) is 6.61 Å². The highest BCUT2D eigenvalue weighted by molar-refractivity contribution is 5.85. The molecule has 0 radical (unpaired) electrons. The number of carbonyl (C=O) groups excluding carboxylic acids is 1. The van der Waals surface area contributed by atoms with Crippen LogP contribution in [0.1, 0.15) is 32.1 Å². The molecule has 0 aliphatic heterocycles. The summed E-state index contributed by atoms with van der Waals surface area (Å²) in [6, 6.07) is 0. The highest BCUT2D eigenvalue weighted by atomic mass is 16.7. The van der Waals surface area contributed by atoms with Crippen LogP contribution >= 0.6 is 0 Å². The first kappa shape index (κ1) is 11.9. The van der Waals surface area contributed by atoms with E-state index in [0.29, 0.717) is 12.8 Å². The first-order valence-corrected chi connectivity index (χ1v) is 4.97. The minimum atomic E-state index is -1.13. The third-order valence-corrected chi connectivity index (χ3v) is 2.56. The zero-order valence-electron chi connectivity index (χ0n) is 8.49. The summed E-state index contributed by atoms with van der Waals surface area (Å²) in [5, 5.41) is 8.29. The van der Waals surface area contributed by atoms with Crippen molar-refractivity contribution in [2.75, 3.05) is 6.61 Å². The maximum atomic E-state index is 11.5. The van der Waals surface area contributed by atoms with Crippen LogP contribution in [0.3, 0.4) is 0 Å². The third-order valence-electron chi connectivity index (χ3n) is 2.56. The molecular weight excluding hydrogens is 200 g/mol. The van der Waals surface area contributed by atoms with Gasteiger partial charge in [-0.25, -0.2) is 10.3 Å².